The van der Waals surface area contributed by atoms with Crippen molar-refractivity contribution < 1.29 is 14.7 Å². The van der Waals surface area contributed by atoms with Crippen LogP contribution in [0.2, 0.25) is 0 Å². The first-order valence-electron chi connectivity index (χ1n) is 5.36. The molecule has 1 aliphatic rings. The molecule has 1 rings (SSSR count). The smallest absolute Gasteiger partial charge is 0.308 e. The number of carboxylic acid groups (broad SMARTS) is 1. The van der Waals surface area contributed by atoms with Crippen LogP contribution < -0.4 is 10.6 Å². The average molecular weight is 214 g/mol. The first kappa shape index (κ1) is 12.0. The van der Waals surface area contributed by atoms with Crippen molar-refractivity contribution in [1.29, 1.82) is 0 Å². The Morgan fingerprint density at radius 2 is 2.20 bits per heavy atom. The summed E-state index contributed by atoms with van der Waals surface area (Å²) in [5.41, 5.74) is 0. The topological polar surface area (TPSA) is 78.4 Å². The molecular weight excluding hydrogens is 196 g/mol. The minimum Gasteiger partial charge on any atom is -0.481 e. The second-order valence-electron chi connectivity index (χ2n) is 3.92. The Balaban J connectivity index is 2.25. The van der Waals surface area contributed by atoms with Gasteiger partial charge in [0.25, 0.3) is 0 Å². The third kappa shape index (κ3) is 3.51. The zero-order valence-corrected chi connectivity index (χ0v) is 8.95. The molecule has 1 saturated heterocycles. The third-order valence-electron chi connectivity index (χ3n) is 2.66. The molecule has 1 fully saturated rings. The van der Waals surface area contributed by atoms with E-state index in [1.807, 2.05) is 6.92 Å². The van der Waals surface area contributed by atoms with Gasteiger partial charge in [-0.25, -0.2) is 0 Å². The van der Waals surface area contributed by atoms with Crippen molar-refractivity contribution >= 4 is 11.9 Å². The molecule has 1 heterocycles. The van der Waals surface area contributed by atoms with Gasteiger partial charge in [0.15, 0.2) is 0 Å². The zero-order valence-electron chi connectivity index (χ0n) is 8.95. The highest BCUT2D eigenvalue weighted by molar-refractivity contribution is 5.80. The number of hydrogen-bond acceptors (Lipinski definition) is 3. The first-order valence-corrected chi connectivity index (χ1v) is 5.36. The summed E-state index contributed by atoms with van der Waals surface area (Å²) in [6.45, 7) is 3.60. The molecule has 15 heavy (non-hydrogen) atoms. The lowest BCUT2D eigenvalue weighted by molar-refractivity contribution is -0.142. The number of aliphatic carboxylic acids is 1. The Hall–Kier alpha value is -1.10. The fraction of sp³-hybridized carbons (Fsp3) is 0.800. The van der Waals surface area contributed by atoms with E-state index in [2.05, 4.69) is 10.6 Å². The summed E-state index contributed by atoms with van der Waals surface area (Å²) < 4.78 is 0. The monoisotopic (exact) mass is 214 g/mol. The molecule has 1 unspecified atom stereocenters. The fourth-order valence-electron chi connectivity index (χ4n) is 1.50. The lowest BCUT2D eigenvalue weighted by atomic mass is 10.0. The van der Waals surface area contributed by atoms with Crippen molar-refractivity contribution in [3.05, 3.63) is 0 Å². The predicted molar refractivity (Wildman–Crippen MR) is 55.4 cm³/mol. The Kier molecular flexibility index (Phi) is 4.55. The quantitative estimate of drug-likeness (QED) is 0.573. The fourth-order valence-corrected chi connectivity index (χ4v) is 1.50. The van der Waals surface area contributed by atoms with Gasteiger partial charge in [-0.05, 0) is 6.42 Å². The second-order valence-corrected chi connectivity index (χ2v) is 3.92. The van der Waals surface area contributed by atoms with E-state index < -0.39 is 11.9 Å². The number of carbonyl (C=O) groups excluding carboxylic acids is 1. The Bertz CT molecular complexity index is 239. The van der Waals surface area contributed by atoms with Gasteiger partial charge >= 0.3 is 5.97 Å². The van der Waals surface area contributed by atoms with E-state index in [-0.39, 0.29) is 18.4 Å². The Labute approximate surface area is 89.2 Å². The maximum absolute atomic E-state index is 11.4. The lowest BCUT2D eigenvalue weighted by Crippen LogP contribution is -2.51. The molecule has 0 radical (unpaired) electrons. The maximum atomic E-state index is 11.4. The number of hydrogen-bond donors (Lipinski definition) is 3. The summed E-state index contributed by atoms with van der Waals surface area (Å²) in [6, 6.07) is 0. The van der Waals surface area contributed by atoms with Crippen LogP contribution in [0.15, 0.2) is 0 Å². The number of carbonyl (C=O) groups is 2. The van der Waals surface area contributed by atoms with Gasteiger partial charge in [-0.2, -0.15) is 0 Å². The van der Waals surface area contributed by atoms with Gasteiger partial charge in [0.1, 0.15) is 0 Å². The summed E-state index contributed by atoms with van der Waals surface area (Å²) in [5.74, 6) is -1.28. The van der Waals surface area contributed by atoms with Crippen LogP contribution >= 0.6 is 0 Å². The Morgan fingerprint density at radius 3 is 2.60 bits per heavy atom. The maximum Gasteiger partial charge on any atom is 0.308 e. The van der Waals surface area contributed by atoms with Crippen LogP contribution in [0.5, 0.6) is 0 Å². The van der Waals surface area contributed by atoms with Crippen LogP contribution in [0.25, 0.3) is 0 Å². The molecule has 1 amide bonds. The molecule has 0 aromatic rings. The van der Waals surface area contributed by atoms with E-state index in [9.17, 15) is 9.59 Å². The van der Waals surface area contributed by atoms with Crippen LogP contribution in [-0.4, -0.2) is 36.6 Å². The zero-order chi connectivity index (χ0) is 11.3. The molecule has 1 atom stereocenters. The number of amides is 1. The van der Waals surface area contributed by atoms with Crippen LogP contribution in [0.4, 0.5) is 0 Å². The van der Waals surface area contributed by atoms with Gasteiger partial charge < -0.3 is 15.7 Å². The standard InChI is InChI=1S/C10H18N2O3/c1-2-3-7(10(14)15)6-12-9(13)8-4-11-5-8/h7-8,11H,2-6H2,1H3,(H,12,13)(H,14,15). The normalized spacial score (nSPS) is 17.9. The van der Waals surface area contributed by atoms with E-state index in [4.69, 9.17) is 5.11 Å². The van der Waals surface area contributed by atoms with Crippen LogP contribution in [0, 0.1) is 11.8 Å². The lowest BCUT2D eigenvalue weighted by Gasteiger charge is -2.26. The molecule has 3 N–H and O–H groups in total. The van der Waals surface area contributed by atoms with Crippen molar-refractivity contribution in [2.75, 3.05) is 19.6 Å². The second kappa shape index (κ2) is 5.70. The van der Waals surface area contributed by atoms with Gasteiger partial charge in [-0.3, -0.25) is 9.59 Å². The number of nitrogens with one attached hydrogen (secondary N) is 2. The summed E-state index contributed by atoms with van der Waals surface area (Å²) in [7, 11) is 0. The van der Waals surface area contributed by atoms with Crippen LogP contribution in [0.1, 0.15) is 19.8 Å². The van der Waals surface area contributed by atoms with Crippen molar-refractivity contribution in [1.82, 2.24) is 10.6 Å². The summed E-state index contributed by atoms with van der Waals surface area (Å²) in [6.07, 6.45) is 1.43. The van der Waals surface area contributed by atoms with Crippen LogP contribution in [0.3, 0.4) is 0 Å². The van der Waals surface area contributed by atoms with Gasteiger partial charge in [0, 0.05) is 19.6 Å². The summed E-state index contributed by atoms with van der Waals surface area (Å²) in [4.78, 5) is 22.2. The molecule has 0 aromatic carbocycles. The number of rotatable bonds is 6. The van der Waals surface area contributed by atoms with Crippen molar-refractivity contribution in [2.45, 2.75) is 19.8 Å². The number of carboxylic acids is 1. The molecule has 0 spiro atoms. The highest BCUT2D eigenvalue weighted by Gasteiger charge is 2.26. The average Bonchev–Trinajstić information content (AvgIpc) is 2.08. The minimum atomic E-state index is -0.830. The van der Waals surface area contributed by atoms with E-state index in [0.717, 1.165) is 6.42 Å². The van der Waals surface area contributed by atoms with Gasteiger partial charge in [0.2, 0.25) is 5.91 Å². The van der Waals surface area contributed by atoms with Crippen LogP contribution in [-0.2, 0) is 9.59 Å². The SMILES string of the molecule is CCCC(CNC(=O)C1CNC1)C(=O)O. The molecule has 0 bridgehead atoms. The van der Waals surface area contributed by atoms with E-state index in [1.165, 1.54) is 0 Å². The van der Waals surface area contributed by atoms with Crippen molar-refractivity contribution in [3.8, 4) is 0 Å². The van der Waals surface area contributed by atoms with Gasteiger partial charge in [0.05, 0.1) is 11.8 Å². The highest BCUT2D eigenvalue weighted by Crippen LogP contribution is 2.07. The summed E-state index contributed by atoms with van der Waals surface area (Å²) in [5, 5.41) is 14.6. The van der Waals surface area contributed by atoms with E-state index in [0.29, 0.717) is 19.5 Å². The molecule has 0 aliphatic carbocycles. The molecule has 1 aliphatic heterocycles. The molecule has 5 nitrogen and oxygen atoms in total. The molecule has 0 aromatic heterocycles. The summed E-state index contributed by atoms with van der Waals surface area (Å²) >= 11 is 0. The molecular formula is C10H18N2O3. The Morgan fingerprint density at radius 1 is 1.53 bits per heavy atom. The third-order valence-corrected chi connectivity index (χ3v) is 2.66. The van der Waals surface area contributed by atoms with Crippen molar-refractivity contribution in [3.63, 3.8) is 0 Å². The van der Waals surface area contributed by atoms with Crippen molar-refractivity contribution in [2.24, 2.45) is 11.8 Å². The first-order chi connectivity index (χ1) is 7.15. The molecule has 86 valence electrons. The highest BCUT2D eigenvalue weighted by atomic mass is 16.4. The molecule has 0 saturated carbocycles. The largest absolute Gasteiger partial charge is 0.481 e. The minimum absolute atomic E-state index is 0.0288. The van der Waals surface area contributed by atoms with Gasteiger partial charge in [-0.15, -0.1) is 0 Å². The van der Waals surface area contributed by atoms with E-state index in [1.54, 1.807) is 0 Å². The van der Waals surface area contributed by atoms with E-state index >= 15 is 0 Å². The predicted octanol–water partition coefficient (Wildman–Crippen LogP) is -0.177. The molecule has 5 heteroatoms. The van der Waals surface area contributed by atoms with Gasteiger partial charge in [-0.1, -0.05) is 13.3 Å².